The average Bonchev–Trinajstić information content (AvgIpc) is 3.52. The van der Waals surface area contributed by atoms with E-state index in [1.807, 2.05) is 24.3 Å². The van der Waals surface area contributed by atoms with E-state index in [-0.39, 0.29) is 16.8 Å². The summed E-state index contributed by atoms with van der Waals surface area (Å²) in [6.45, 7) is 2.86. The molecule has 0 bridgehead atoms. The molecule has 0 unspecified atom stereocenters. The van der Waals surface area contributed by atoms with E-state index in [0.717, 1.165) is 37.3 Å². The van der Waals surface area contributed by atoms with Crippen molar-refractivity contribution in [3.8, 4) is 0 Å². The van der Waals surface area contributed by atoms with Crippen molar-refractivity contribution in [2.24, 2.45) is 0 Å². The monoisotopic (exact) mass is 401 g/mol. The number of nitrogens with zero attached hydrogens (tertiary/aromatic N) is 1. The smallest absolute Gasteiger partial charge is 0.255 e. The summed E-state index contributed by atoms with van der Waals surface area (Å²) in [7, 11) is -3.52. The number of amides is 1. The molecule has 2 aromatic carbocycles. The maximum Gasteiger partial charge on any atom is 0.255 e. The summed E-state index contributed by atoms with van der Waals surface area (Å²) >= 11 is 0. The lowest BCUT2D eigenvalue weighted by atomic mass is 10.2. The van der Waals surface area contributed by atoms with Gasteiger partial charge in [-0.25, -0.2) is 13.1 Å². The lowest BCUT2D eigenvalue weighted by Gasteiger charge is -2.30. The lowest BCUT2D eigenvalue weighted by molar-refractivity contribution is 0.102. The van der Waals surface area contributed by atoms with Gasteiger partial charge in [0.05, 0.1) is 29.5 Å². The molecule has 1 aliphatic carbocycles. The first-order chi connectivity index (χ1) is 13.5. The minimum Gasteiger partial charge on any atom is -0.378 e. The van der Waals surface area contributed by atoms with Gasteiger partial charge in [-0.15, -0.1) is 0 Å². The molecule has 1 amide bonds. The molecule has 1 saturated heterocycles. The van der Waals surface area contributed by atoms with Crippen LogP contribution in [0.2, 0.25) is 0 Å². The van der Waals surface area contributed by atoms with E-state index in [1.165, 1.54) is 24.3 Å². The van der Waals surface area contributed by atoms with Crippen LogP contribution in [0, 0.1) is 0 Å². The molecule has 148 valence electrons. The summed E-state index contributed by atoms with van der Waals surface area (Å²) in [5.41, 5.74) is 2.08. The van der Waals surface area contributed by atoms with Crippen molar-refractivity contribution in [1.82, 2.24) is 4.72 Å². The number of hydrogen-bond acceptors (Lipinski definition) is 5. The molecule has 4 rings (SSSR count). The van der Waals surface area contributed by atoms with Crippen LogP contribution < -0.4 is 14.9 Å². The molecular formula is C20H23N3O4S. The molecule has 7 nitrogen and oxygen atoms in total. The minimum atomic E-state index is -3.52. The molecule has 1 heterocycles. The van der Waals surface area contributed by atoms with E-state index in [4.69, 9.17) is 4.74 Å². The number of nitrogens with one attached hydrogen (secondary N) is 2. The second-order valence-electron chi connectivity index (χ2n) is 6.99. The van der Waals surface area contributed by atoms with E-state index in [0.29, 0.717) is 18.8 Å². The normalized spacial score (nSPS) is 17.4. The highest BCUT2D eigenvalue weighted by Gasteiger charge is 2.28. The Bertz CT molecular complexity index is 950. The Morgan fingerprint density at radius 2 is 1.68 bits per heavy atom. The maximum atomic E-state index is 12.7. The number of morpholine rings is 1. The number of carbonyl (C=O) groups is 1. The van der Waals surface area contributed by atoms with Gasteiger partial charge in [-0.2, -0.15) is 0 Å². The van der Waals surface area contributed by atoms with E-state index in [2.05, 4.69) is 14.9 Å². The molecule has 2 aliphatic rings. The van der Waals surface area contributed by atoms with Gasteiger partial charge in [-0.3, -0.25) is 4.79 Å². The topological polar surface area (TPSA) is 87.7 Å². The first-order valence-electron chi connectivity index (χ1n) is 9.38. The molecule has 0 radical (unpaired) electrons. The fourth-order valence-electron chi connectivity index (χ4n) is 3.13. The summed E-state index contributed by atoms with van der Waals surface area (Å²) in [6, 6.07) is 13.7. The van der Waals surface area contributed by atoms with Crippen molar-refractivity contribution in [2.75, 3.05) is 36.5 Å². The van der Waals surface area contributed by atoms with Gasteiger partial charge < -0.3 is 15.0 Å². The van der Waals surface area contributed by atoms with E-state index >= 15 is 0 Å². The number of sulfonamides is 1. The second kappa shape index (κ2) is 7.90. The van der Waals surface area contributed by atoms with Gasteiger partial charge in [-0.1, -0.05) is 12.1 Å². The van der Waals surface area contributed by atoms with Crippen LogP contribution >= 0.6 is 0 Å². The van der Waals surface area contributed by atoms with Crippen molar-refractivity contribution in [2.45, 2.75) is 23.8 Å². The van der Waals surface area contributed by atoms with E-state index < -0.39 is 10.0 Å². The molecule has 0 spiro atoms. The zero-order chi connectivity index (χ0) is 19.6. The summed E-state index contributed by atoms with van der Waals surface area (Å²) in [5, 5.41) is 2.94. The van der Waals surface area contributed by atoms with E-state index in [9.17, 15) is 13.2 Å². The fourth-order valence-corrected chi connectivity index (χ4v) is 4.43. The summed E-state index contributed by atoms with van der Waals surface area (Å²) in [6.07, 6.45) is 1.75. The lowest BCUT2D eigenvalue weighted by Crippen LogP contribution is -2.36. The summed E-state index contributed by atoms with van der Waals surface area (Å²) < 4.78 is 32.5. The minimum absolute atomic E-state index is 0.0460. The Hall–Kier alpha value is -2.42. The summed E-state index contributed by atoms with van der Waals surface area (Å²) in [4.78, 5) is 15.0. The molecule has 28 heavy (non-hydrogen) atoms. The fraction of sp³-hybridized carbons (Fsp3) is 0.350. The van der Waals surface area contributed by atoms with Gasteiger partial charge in [0.25, 0.3) is 5.91 Å². The van der Waals surface area contributed by atoms with Gasteiger partial charge in [0.1, 0.15) is 0 Å². The van der Waals surface area contributed by atoms with Crippen LogP contribution in [0.15, 0.2) is 53.4 Å². The highest BCUT2D eigenvalue weighted by molar-refractivity contribution is 7.89. The van der Waals surface area contributed by atoms with Crippen LogP contribution in [-0.2, 0) is 14.8 Å². The molecular weight excluding hydrogens is 378 g/mol. The number of carbonyl (C=O) groups excluding carboxylic acids is 1. The number of anilines is 2. The van der Waals surface area contributed by atoms with Crippen molar-refractivity contribution in [3.05, 3.63) is 54.1 Å². The van der Waals surface area contributed by atoms with Crippen LogP contribution in [-0.4, -0.2) is 46.7 Å². The quantitative estimate of drug-likeness (QED) is 0.775. The van der Waals surface area contributed by atoms with Crippen molar-refractivity contribution >= 4 is 27.3 Å². The predicted molar refractivity (Wildman–Crippen MR) is 107 cm³/mol. The second-order valence-corrected chi connectivity index (χ2v) is 8.70. The van der Waals surface area contributed by atoms with E-state index in [1.54, 1.807) is 0 Å². The molecule has 2 N–H and O–H groups in total. The standard InChI is InChI=1S/C20H23N3O4S/c24-20(15-5-9-17(10-6-15)28(25,26)22-16-7-8-16)21-18-3-1-2-4-19(18)23-11-13-27-14-12-23/h1-6,9-10,16,22H,7-8,11-14H2,(H,21,24). The predicted octanol–water partition coefficient (Wildman–Crippen LogP) is 2.22. The Morgan fingerprint density at radius 1 is 1.00 bits per heavy atom. The third-order valence-electron chi connectivity index (χ3n) is 4.83. The van der Waals surface area contributed by atoms with Gasteiger partial charge in [-0.05, 0) is 49.2 Å². The molecule has 0 aromatic heterocycles. The Balaban J connectivity index is 1.48. The average molecular weight is 401 g/mol. The maximum absolute atomic E-state index is 12.7. The van der Waals surface area contributed by atoms with Crippen LogP contribution in [0.3, 0.4) is 0 Å². The van der Waals surface area contributed by atoms with Crippen molar-refractivity contribution < 1.29 is 17.9 Å². The first-order valence-corrected chi connectivity index (χ1v) is 10.9. The zero-order valence-electron chi connectivity index (χ0n) is 15.4. The number of hydrogen-bond donors (Lipinski definition) is 2. The highest BCUT2D eigenvalue weighted by atomic mass is 32.2. The van der Waals surface area contributed by atoms with Crippen LogP contribution in [0.5, 0.6) is 0 Å². The molecule has 1 aliphatic heterocycles. The SMILES string of the molecule is O=C(Nc1ccccc1N1CCOCC1)c1ccc(S(=O)(=O)NC2CC2)cc1. The molecule has 1 saturated carbocycles. The van der Waals surface area contributed by atoms with Crippen LogP contribution in [0.25, 0.3) is 0 Å². The number of rotatable bonds is 6. The largest absolute Gasteiger partial charge is 0.378 e. The van der Waals surface area contributed by atoms with Gasteiger partial charge >= 0.3 is 0 Å². The van der Waals surface area contributed by atoms with Gasteiger partial charge in [0.15, 0.2) is 0 Å². The first kappa shape index (κ1) is 18.9. The Morgan fingerprint density at radius 3 is 2.36 bits per heavy atom. The number of para-hydroxylation sites is 2. The van der Waals surface area contributed by atoms with Crippen LogP contribution in [0.1, 0.15) is 23.2 Å². The molecule has 0 atom stereocenters. The molecule has 2 aromatic rings. The van der Waals surface area contributed by atoms with Crippen LogP contribution in [0.4, 0.5) is 11.4 Å². The number of benzene rings is 2. The molecule has 8 heteroatoms. The Labute approximate surface area is 164 Å². The number of ether oxygens (including phenoxy) is 1. The zero-order valence-corrected chi connectivity index (χ0v) is 16.2. The van der Waals surface area contributed by atoms with Crippen molar-refractivity contribution in [1.29, 1.82) is 0 Å². The third kappa shape index (κ3) is 4.35. The van der Waals surface area contributed by atoms with Gasteiger partial charge in [0.2, 0.25) is 10.0 Å². The van der Waals surface area contributed by atoms with Crippen molar-refractivity contribution in [3.63, 3.8) is 0 Å². The highest BCUT2D eigenvalue weighted by Crippen LogP contribution is 2.27. The Kier molecular flexibility index (Phi) is 5.34. The molecule has 2 fully saturated rings. The third-order valence-corrected chi connectivity index (χ3v) is 6.37. The van der Waals surface area contributed by atoms with Gasteiger partial charge in [0, 0.05) is 24.7 Å². The summed E-state index contributed by atoms with van der Waals surface area (Å²) in [5.74, 6) is -0.278.